The molecule has 1 rings (SSSR count). The van der Waals surface area contributed by atoms with Crippen molar-refractivity contribution in [3.05, 3.63) is 0 Å². The van der Waals surface area contributed by atoms with Gasteiger partial charge in [0.05, 0.1) is 0 Å². The van der Waals surface area contributed by atoms with Crippen LogP contribution in [0.1, 0.15) is 33.6 Å². The van der Waals surface area contributed by atoms with Gasteiger partial charge in [-0.05, 0) is 37.3 Å². The molecule has 1 saturated heterocycles. The van der Waals surface area contributed by atoms with E-state index in [1.807, 2.05) is 0 Å². The van der Waals surface area contributed by atoms with Crippen LogP contribution in [0.25, 0.3) is 0 Å². The smallest absolute Gasteiger partial charge is 0.0117 e. The summed E-state index contributed by atoms with van der Waals surface area (Å²) in [6, 6.07) is 0.361. The van der Waals surface area contributed by atoms with Crippen LogP contribution in [0.4, 0.5) is 0 Å². The molecule has 72 valence electrons. The molecule has 0 saturated carbocycles. The molecule has 1 aliphatic heterocycles. The molecule has 1 aliphatic rings. The lowest BCUT2D eigenvalue weighted by Crippen LogP contribution is -2.49. The zero-order valence-electron chi connectivity index (χ0n) is 8.56. The summed E-state index contributed by atoms with van der Waals surface area (Å²) in [5.74, 6) is 0.605. The Morgan fingerprint density at radius 1 is 1.25 bits per heavy atom. The van der Waals surface area contributed by atoms with E-state index in [0.717, 1.165) is 13.1 Å². The van der Waals surface area contributed by atoms with Crippen LogP contribution in [0.15, 0.2) is 0 Å². The summed E-state index contributed by atoms with van der Waals surface area (Å²) in [7, 11) is 0. The first kappa shape index (κ1) is 10.0. The summed E-state index contributed by atoms with van der Waals surface area (Å²) >= 11 is 0. The van der Waals surface area contributed by atoms with Gasteiger partial charge >= 0.3 is 0 Å². The van der Waals surface area contributed by atoms with Gasteiger partial charge in [0.2, 0.25) is 0 Å². The minimum Gasteiger partial charge on any atom is -0.327 e. The fourth-order valence-electron chi connectivity index (χ4n) is 2.14. The van der Waals surface area contributed by atoms with Gasteiger partial charge in [0.1, 0.15) is 0 Å². The SMILES string of the molecule is CC(C)C(N)C1(C)CCNCC1. The molecule has 1 heterocycles. The lowest BCUT2D eigenvalue weighted by atomic mass is 9.71. The zero-order chi connectivity index (χ0) is 9.19. The largest absolute Gasteiger partial charge is 0.327 e. The Morgan fingerprint density at radius 2 is 1.75 bits per heavy atom. The van der Waals surface area contributed by atoms with E-state index in [0.29, 0.717) is 17.4 Å². The summed E-state index contributed by atoms with van der Waals surface area (Å²) in [6.07, 6.45) is 2.46. The molecular formula is C10H22N2. The highest BCUT2D eigenvalue weighted by Gasteiger charge is 2.34. The molecule has 1 atom stereocenters. The van der Waals surface area contributed by atoms with Crippen LogP contribution in [0, 0.1) is 11.3 Å². The van der Waals surface area contributed by atoms with Crippen LogP contribution >= 0.6 is 0 Å². The molecule has 1 fully saturated rings. The van der Waals surface area contributed by atoms with Gasteiger partial charge in [-0.1, -0.05) is 20.8 Å². The Balaban J connectivity index is 2.56. The van der Waals surface area contributed by atoms with Crippen molar-refractivity contribution in [1.82, 2.24) is 5.32 Å². The van der Waals surface area contributed by atoms with Crippen LogP contribution in [0.5, 0.6) is 0 Å². The van der Waals surface area contributed by atoms with Crippen LogP contribution < -0.4 is 11.1 Å². The third-order valence-electron chi connectivity index (χ3n) is 3.27. The molecule has 12 heavy (non-hydrogen) atoms. The van der Waals surface area contributed by atoms with Crippen LogP contribution in [0.2, 0.25) is 0 Å². The number of hydrogen-bond donors (Lipinski definition) is 2. The molecular weight excluding hydrogens is 148 g/mol. The van der Waals surface area contributed by atoms with Crippen molar-refractivity contribution < 1.29 is 0 Å². The van der Waals surface area contributed by atoms with E-state index >= 15 is 0 Å². The molecule has 3 N–H and O–H groups in total. The molecule has 0 radical (unpaired) electrons. The van der Waals surface area contributed by atoms with Crippen molar-refractivity contribution >= 4 is 0 Å². The van der Waals surface area contributed by atoms with Crippen molar-refractivity contribution in [2.75, 3.05) is 13.1 Å². The van der Waals surface area contributed by atoms with Crippen molar-refractivity contribution in [2.24, 2.45) is 17.1 Å². The second-order valence-corrected chi connectivity index (χ2v) is 4.67. The second-order valence-electron chi connectivity index (χ2n) is 4.67. The second kappa shape index (κ2) is 3.75. The summed E-state index contributed by atoms with van der Waals surface area (Å²) in [5, 5.41) is 3.38. The molecule has 0 aromatic carbocycles. The van der Waals surface area contributed by atoms with Crippen molar-refractivity contribution in [2.45, 2.75) is 39.7 Å². The van der Waals surface area contributed by atoms with Crippen molar-refractivity contribution in [3.8, 4) is 0 Å². The predicted octanol–water partition coefficient (Wildman–Crippen LogP) is 1.36. The quantitative estimate of drug-likeness (QED) is 0.656. The van der Waals surface area contributed by atoms with E-state index in [4.69, 9.17) is 5.73 Å². The molecule has 0 spiro atoms. The zero-order valence-corrected chi connectivity index (χ0v) is 8.56. The number of piperidine rings is 1. The summed E-state index contributed by atoms with van der Waals surface area (Å²) in [6.45, 7) is 9.04. The lowest BCUT2D eigenvalue weighted by molar-refractivity contribution is 0.150. The summed E-state index contributed by atoms with van der Waals surface area (Å²) in [5.41, 5.74) is 6.57. The highest BCUT2D eigenvalue weighted by atomic mass is 14.9. The Labute approximate surface area is 75.9 Å². The van der Waals surface area contributed by atoms with E-state index < -0.39 is 0 Å². The summed E-state index contributed by atoms with van der Waals surface area (Å²) in [4.78, 5) is 0. The first-order chi connectivity index (χ1) is 5.56. The van der Waals surface area contributed by atoms with E-state index in [1.165, 1.54) is 12.8 Å². The Morgan fingerprint density at radius 3 is 2.17 bits per heavy atom. The maximum absolute atomic E-state index is 6.20. The highest BCUT2D eigenvalue weighted by Crippen LogP contribution is 2.33. The monoisotopic (exact) mass is 170 g/mol. The molecule has 2 heteroatoms. The van der Waals surface area contributed by atoms with Gasteiger partial charge in [0.15, 0.2) is 0 Å². The third kappa shape index (κ3) is 1.99. The van der Waals surface area contributed by atoms with E-state index in [-0.39, 0.29) is 0 Å². The van der Waals surface area contributed by atoms with Gasteiger partial charge in [0.25, 0.3) is 0 Å². The molecule has 0 aliphatic carbocycles. The number of nitrogens with two attached hydrogens (primary N) is 1. The fraction of sp³-hybridized carbons (Fsp3) is 1.00. The highest BCUT2D eigenvalue weighted by molar-refractivity contribution is 4.90. The van der Waals surface area contributed by atoms with Gasteiger partial charge in [-0.3, -0.25) is 0 Å². The number of hydrogen-bond acceptors (Lipinski definition) is 2. The normalized spacial score (nSPS) is 25.8. The van der Waals surface area contributed by atoms with Crippen molar-refractivity contribution in [3.63, 3.8) is 0 Å². The summed E-state index contributed by atoms with van der Waals surface area (Å²) < 4.78 is 0. The predicted molar refractivity (Wildman–Crippen MR) is 53.0 cm³/mol. The number of rotatable bonds is 2. The Bertz CT molecular complexity index is 137. The Hall–Kier alpha value is -0.0800. The molecule has 0 amide bonds. The first-order valence-electron chi connectivity index (χ1n) is 5.02. The molecule has 0 aromatic heterocycles. The van der Waals surface area contributed by atoms with Gasteiger partial charge < -0.3 is 11.1 Å². The molecule has 1 unspecified atom stereocenters. The van der Waals surface area contributed by atoms with E-state index in [9.17, 15) is 0 Å². The van der Waals surface area contributed by atoms with Gasteiger partial charge in [-0.2, -0.15) is 0 Å². The van der Waals surface area contributed by atoms with Crippen molar-refractivity contribution in [1.29, 1.82) is 0 Å². The minimum atomic E-state index is 0.361. The lowest BCUT2D eigenvalue weighted by Gasteiger charge is -2.41. The van der Waals surface area contributed by atoms with E-state index in [1.54, 1.807) is 0 Å². The van der Waals surface area contributed by atoms with Gasteiger partial charge in [-0.25, -0.2) is 0 Å². The minimum absolute atomic E-state index is 0.361. The van der Waals surface area contributed by atoms with Gasteiger partial charge in [-0.15, -0.1) is 0 Å². The molecule has 0 aromatic rings. The van der Waals surface area contributed by atoms with E-state index in [2.05, 4.69) is 26.1 Å². The topological polar surface area (TPSA) is 38.0 Å². The first-order valence-corrected chi connectivity index (χ1v) is 5.02. The molecule has 0 bridgehead atoms. The third-order valence-corrected chi connectivity index (χ3v) is 3.27. The standard InChI is InChI=1S/C10H22N2/c1-8(2)9(11)10(3)4-6-12-7-5-10/h8-9,12H,4-7,11H2,1-3H3. The maximum atomic E-state index is 6.20. The maximum Gasteiger partial charge on any atom is 0.0117 e. The van der Waals surface area contributed by atoms with Crippen LogP contribution in [0.3, 0.4) is 0 Å². The van der Waals surface area contributed by atoms with Crippen LogP contribution in [-0.2, 0) is 0 Å². The number of nitrogens with one attached hydrogen (secondary N) is 1. The molecule has 2 nitrogen and oxygen atoms in total. The fourth-order valence-corrected chi connectivity index (χ4v) is 2.14. The average Bonchev–Trinajstić information content (AvgIpc) is 2.04. The Kier molecular flexibility index (Phi) is 3.13. The van der Waals surface area contributed by atoms with Crippen LogP contribution in [-0.4, -0.2) is 19.1 Å². The average molecular weight is 170 g/mol. The van der Waals surface area contributed by atoms with Gasteiger partial charge in [0, 0.05) is 6.04 Å².